The molecule has 1 aliphatic carbocycles. The number of nitrogens with zero attached hydrogens (tertiary/aromatic N) is 1. The fourth-order valence-corrected chi connectivity index (χ4v) is 3.77. The van der Waals surface area contributed by atoms with Crippen LogP contribution in [0.15, 0.2) is 24.3 Å². The molecular weight excluding hydrogens is 261 g/mol. The van der Waals surface area contributed by atoms with E-state index in [0.29, 0.717) is 6.61 Å². The third kappa shape index (κ3) is 1.47. The molecule has 5 unspecified atom stereocenters. The summed E-state index contributed by atoms with van der Waals surface area (Å²) in [6, 6.07) is 7.60. The Kier molecular flexibility index (Phi) is 2.54. The molecule has 0 aromatic heterocycles. The first-order chi connectivity index (χ1) is 9.76. The highest BCUT2D eigenvalue weighted by Crippen LogP contribution is 2.60. The number of methoxy groups -OCH3 is 1. The normalized spacial score (nSPS) is 37.8. The van der Waals surface area contributed by atoms with Gasteiger partial charge in [0.1, 0.15) is 5.75 Å². The van der Waals surface area contributed by atoms with Gasteiger partial charge in [-0.25, -0.2) is 0 Å². The lowest BCUT2D eigenvalue weighted by atomic mass is 10.1. The predicted molar refractivity (Wildman–Crippen MR) is 68.8 cm³/mol. The topological polar surface area (TPSA) is 38.8 Å². The van der Waals surface area contributed by atoms with E-state index in [1.165, 1.54) is 0 Å². The van der Waals surface area contributed by atoms with Gasteiger partial charge >= 0.3 is 0 Å². The van der Waals surface area contributed by atoms with Crippen LogP contribution in [0.4, 0.5) is 4.39 Å². The van der Waals surface area contributed by atoms with Crippen molar-refractivity contribution in [3.63, 3.8) is 0 Å². The van der Waals surface area contributed by atoms with Crippen molar-refractivity contribution in [1.29, 1.82) is 0 Å². The number of fused-ring (bicyclic) bond motifs is 3. The summed E-state index contributed by atoms with van der Waals surface area (Å²) >= 11 is 0. The number of hydrogen-bond donors (Lipinski definition) is 0. The minimum absolute atomic E-state index is 0.0559. The average Bonchev–Trinajstić information content (AvgIpc) is 2.93. The van der Waals surface area contributed by atoms with Gasteiger partial charge in [-0.05, 0) is 18.1 Å². The molecule has 0 bridgehead atoms. The van der Waals surface area contributed by atoms with E-state index in [2.05, 4.69) is 0 Å². The van der Waals surface area contributed by atoms with Gasteiger partial charge in [0.05, 0.1) is 26.4 Å². The molecule has 5 atom stereocenters. The molecule has 0 spiro atoms. The summed E-state index contributed by atoms with van der Waals surface area (Å²) in [5.41, 5.74) is 0.944. The van der Waals surface area contributed by atoms with Gasteiger partial charge in [0, 0.05) is 17.4 Å². The third-order valence-corrected chi connectivity index (χ3v) is 4.83. The summed E-state index contributed by atoms with van der Waals surface area (Å²) in [6.45, 7) is 0.124. The fraction of sp³-hybridized carbons (Fsp3) is 0.533. The van der Waals surface area contributed by atoms with Crippen molar-refractivity contribution < 1.29 is 18.7 Å². The van der Waals surface area contributed by atoms with Crippen molar-refractivity contribution in [2.24, 2.45) is 17.8 Å². The standard InChI is InChI=1S/C15H16FNO3/c1-19-9-4-2-8(3-5-9)15-17-11(7-20-15)12-10(6-16)13(12)14(17)18/h2-5,10-13,15H,6-7H2,1H3. The molecule has 1 aromatic carbocycles. The van der Waals surface area contributed by atoms with E-state index in [-0.39, 0.29) is 35.9 Å². The zero-order chi connectivity index (χ0) is 13.9. The van der Waals surface area contributed by atoms with Crippen LogP contribution in [0, 0.1) is 17.8 Å². The largest absolute Gasteiger partial charge is 0.497 e. The van der Waals surface area contributed by atoms with Crippen LogP contribution in [0.2, 0.25) is 0 Å². The van der Waals surface area contributed by atoms with Gasteiger partial charge in [-0.15, -0.1) is 0 Å². The van der Waals surface area contributed by atoms with Crippen LogP contribution < -0.4 is 4.74 Å². The maximum absolute atomic E-state index is 12.8. The number of hydrogen-bond acceptors (Lipinski definition) is 3. The Hall–Kier alpha value is -1.62. The van der Waals surface area contributed by atoms with Crippen molar-refractivity contribution in [3.8, 4) is 5.75 Å². The third-order valence-electron chi connectivity index (χ3n) is 4.83. The number of rotatable bonds is 3. The van der Waals surface area contributed by atoms with E-state index in [1.54, 1.807) is 7.11 Å². The van der Waals surface area contributed by atoms with Crippen LogP contribution in [0.5, 0.6) is 5.75 Å². The molecular formula is C15H16FNO3. The van der Waals surface area contributed by atoms with Crippen LogP contribution in [0.25, 0.3) is 0 Å². The number of piperidine rings is 1. The second-order valence-corrected chi connectivity index (χ2v) is 5.69. The minimum Gasteiger partial charge on any atom is -0.497 e. The molecule has 4 rings (SSSR count). The number of halogens is 1. The summed E-state index contributed by atoms with van der Waals surface area (Å²) in [6.07, 6.45) is -0.327. The number of amides is 1. The number of carbonyl (C=O) groups is 1. The Morgan fingerprint density at radius 2 is 2.15 bits per heavy atom. The zero-order valence-electron chi connectivity index (χ0n) is 11.2. The van der Waals surface area contributed by atoms with Crippen molar-refractivity contribution in [2.75, 3.05) is 20.4 Å². The molecule has 0 radical (unpaired) electrons. The molecule has 2 aliphatic heterocycles. The number of benzene rings is 1. The van der Waals surface area contributed by atoms with Gasteiger partial charge in [-0.1, -0.05) is 12.1 Å². The van der Waals surface area contributed by atoms with E-state index in [1.807, 2.05) is 29.2 Å². The van der Waals surface area contributed by atoms with Gasteiger partial charge in [0.15, 0.2) is 6.23 Å². The van der Waals surface area contributed by atoms with Crippen LogP contribution in [0.1, 0.15) is 11.8 Å². The monoisotopic (exact) mass is 277 g/mol. The van der Waals surface area contributed by atoms with Crippen LogP contribution in [-0.4, -0.2) is 37.2 Å². The molecule has 4 nitrogen and oxygen atoms in total. The molecule has 3 aliphatic rings. The van der Waals surface area contributed by atoms with Crippen molar-refractivity contribution in [1.82, 2.24) is 4.90 Å². The Bertz CT molecular complexity index is 547. The second kappa shape index (κ2) is 4.19. The molecule has 1 saturated carbocycles. The van der Waals surface area contributed by atoms with E-state index in [0.717, 1.165) is 11.3 Å². The Morgan fingerprint density at radius 3 is 2.80 bits per heavy atom. The summed E-state index contributed by atoms with van der Waals surface area (Å²) in [4.78, 5) is 14.2. The van der Waals surface area contributed by atoms with Crippen LogP contribution >= 0.6 is 0 Å². The van der Waals surface area contributed by atoms with Gasteiger partial charge in [0.2, 0.25) is 5.91 Å². The van der Waals surface area contributed by atoms with Gasteiger partial charge < -0.3 is 14.4 Å². The maximum Gasteiger partial charge on any atom is 0.229 e. The van der Waals surface area contributed by atoms with Crippen molar-refractivity contribution >= 4 is 5.91 Å². The lowest BCUT2D eigenvalue weighted by Crippen LogP contribution is -2.36. The Labute approximate surface area is 116 Å². The molecule has 1 amide bonds. The zero-order valence-corrected chi connectivity index (χ0v) is 11.2. The van der Waals surface area contributed by atoms with Gasteiger partial charge in [-0.3, -0.25) is 9.18 Å². The van der Waals surface area contributed by atoms with Crippen LogP contribution in [0.3, 0.4) is 0 Å². The Balaban J connectivity index is 1.58. The SMILES string of the molecule is COc1ccc(C2OCC3C4C(CF)C4C(=O)N23)cc1. The van der Waals surface area contributed by atoms with E-state index in [4.69, 9.17) is 9.47 Å². The summed E-state index contributed by atoms with van der Waals surface area (Å²) in [7, 11) is 1.62. The molecule has 1 aromatic rings. The fourth-order valence-electron chi connectivity index (χ4n) is 3.77. The highest BCUT2D eigenvalue weighted by atomic mass is 19.1. The van der Waals surface area contributed by atoms with E-state index >= 15 is 0 Å². The first-order valence-electron chi connectivity index (χ1n) is 6.90. The summed E-state index contributed by atoms with van der Waals surface area (Å²) in [5.74, 6) is 0.824. The summed E-state index contributed by atoms with van der Waals surface area (Å²) < 4.78 is 23.7. The molecule has 0 N–H and O–H groups in total. The lowest BCUT2D eigenvalue weighted by Gasteiger charge is -2.25. The molecule has 3 fully saturated rings. The minimum atomic E-state index is -0.390. The highest BCUT2D eigenvalue weighted by Gasteiger charge is 2.69. The highest BCUT2D eigenvalue weighted by molar-refractivity contribution is 5.86. The first-order valence-corrected chi connectivity index (χ1v) is 6.90. The molecule has 20 heavy (non-hydrogen) atoms. The molecule has 2 saturated heterocycles. The predicted octanol–water partition coefficient (Wildman–Crippen LogP) is 1.77. The Morgan fingerprint density at radius 1 is 1.40 bits per heavy atom. The van der Waals surface area contributed by atoms with Crippen LogP contribution in [-0.2, 0) is 9.53 Å². The molecule has 5 heteroatoms. The van der Waals surface area contributed by atoms with Crippen molar-refractivity contribution in [3.05, 3.63) is 29.8 Å². The number of ether oxygens (including phenoxy) is 2. The lowest BCUT2D eigenvalue weighted by molar-refractivity contribution is -0.137. The molecule has 2 heterocycles. The van der Waals surface area contributed by atoms with Crippen molar-refractivity contribution in [2.45, 2.75) is 12.3 Å². The number of alkyl halides is 1. The summed E-state index contributed by atoms with van der Waals surface area (Å²) in [5, 5.41) is 0. The van der Waals surface area contributed by atoms with Gasteiger partial charge in [-0.2, -0.15) is 0 Å². The first kappa shape index (κ1) is 12.1. The average molecular weight is 277 g/mol. The maximum atomic E-state index is 12.8. The second-order valence-electron chi connectivity index (χ2n) is 5.69. The van der Waals surface area contributed by atoms with E-state index < -0.39 is 6.67 Å². The van der Waals surface area contributed by atoms with Gasteiger partial charge in [0.25, 0.3) is 0 Å². The number of carbonyl (C=O) groups excluding carboxylic acids is 1. The smallest absolute Gasteiger partial charge is 0.229 e. The van der Waals surface area contributed by atoms with E-state index in [9.17, 15) is 9.18 Å². The quantitative estimate of drug-likeness (QED) is 0.845. The molecule has 106 valence electrons.